The van der Waals surface area contributed by atoms with Gasteiger partial charge in [-0.2, -0.15) is 0 Å². The average molecular weight is 471 g/mol. The number of Topliss-reactive ketones (excluding diaryl/α,β-unsaturated/α-hetero) is 1. The Morgan fingerprint density at radius 2 is 1.63 bits per heavy atom. The molecule has 0 saturated carbocycles. The van der Waals surface area contributed by atoms with E-state index in [0.717, 1.165) is 5.56 Å². The highest BCUT2D eigenvalue weighted by molar-refractivity contribution is 6.51. The number of amides is 1. The molecule has 1 unspecified atom stereocenters. The predicted molar refractivity (Wildman–Crippen MR) is 136 cm³/mol. The highest BCUT2D eigenvalue weighted by atomic mass is 16.5. The van der Waals surface area contributed by atoms with Gasteiger partial charge in [-0.25, -0.2) is 4.98 Å². The van der Waals surface area contributed by atoms with Gasteiger partial charge in [0.1, 0.15) is 17.3 Å². The van der Waals surface area contributed by atoms with Gasteiger partial charge in [-0.15, -0.1) is 0 Å². The van der Waals surface area contributed by atoms with Gasteiger partial charge in [0.2, 0.25) is 0 Å². The van der Waals surface area contributed by atoms with Crippen LogP contribution >= 0.6 is 0 Å². The van der Waals surface area contributed by atoms with Gasteiger partial charge in [-0.05, 0) is 66.8 Å². The zero-order valence-corrected chi connectivity index (χ0v) is 20.6. The van der Waals surface area contributed by atoms with Crippen LogP contribution in [-0.4, -0.2) is 27.9 Å². The van der Waals surface area contributed by atoms with Crippen LogP contribution in [0.1, 0.15) is 57.4 Å². The molecule has 1 amide bonds. The van der Waals surface area contributed by atoms with Crippen molar-refractivity contribution in [2.75, 3.05) is 4.90 Å². The van der Waals surface area contributed by atoms with Crippen molar-refractivity contribution in [3.63, 3.8) is 0 Å². The fourth-order valence-electron chi connectivity index (χ4n) is 4.16. The molecule has 3 aromatic rings. The Morgan fingerprint density at radius 1 is 0.971 bits per heavy atom. The number of ketones is 1. The van der Waals surface area contributed by atoms with E-state index in [-0.39, 0.29) is 22.9 Å². The normalized spacial score (nSPS) is 17.8. The van der Waals surface area contributed by atoms with Crippen molar-refractivity contribution in [3.05, 3.63) is 95.2 Å². The maximum Gasteiger partial charge on any atom is 0.301 e. The van der Waals surface area contributed by atoms with Crippen LogP contribution < -0.4 is 9.64 Å². The zero-order chi connectivity index (χ0) is 25.3. The van der Waals surface area contributed by atoms with Gasteiger partial charge in [0.25, 0.3) is 5.78 Å². The molecule has 1 saturated heterocycles. The molecule has 1 aliphatic heterocycles. The second-order valence-electron chi connectivity index (χ2n) is 9.92. The minimum absolute atomic E-state index is 0.00853. The quantitative estimate of drug-likeness (QED) is 0.290. The lowest BCUT2D eigenvalue weighted by Crippen LogP contribution is -2.30. The topological polar surface area (TPSA) is 79.7 Å². The Balaban J connectivity index is 1.85. The lowest BCUT2D eigenvalue weighted by Gasteiger charge is -2.25. The van der Waals surface area contributed by atoms with Crippen molar-refractivity contribution in [2.24, 2.45) is 0 Å². The van der Waals surface area contributed by atoms with E-state index >= 15 is 0 Å². The average Bonchev–Trinajstić information content (AvgIpc) is 3.09. The van der Waals surface area contributed by atoms with Crippen molar-refractivity contribution in [1.29, 1.82) is 0 Å². The molecule has 0 radical (unpaired) electrons. The summed E-state index contributed by atoms with van der Waals surface area (Å²) in [5, 5.41) is 11.3. The Morgan fingerprint density at radius 3 is 2.17 bits per heavy atom. The lowest BCUT2D eigenvalue weighted by atomic mass is 9.85. The second-order valence-corrected chi connectivity index (χ2v) is 9.92. The van der Waals surface area contributed by atoms with Crippen molar-refractivity contribution in [2.45, 2.75) is 52.2 Å². The minimum atomic E-state index is -0.814. The smallest absolute Gasteiger partial charge is 0.301 e. The second kappa shape index (κ2) is 9.37. The number of benzene rings is 2. The molecule has 2 aromatic carbocycles. The monoisotopic (exact) mass is 470 g/mol. The summed E-state index contributed by atoms with van der Waals surface area (Å²) in [5.41, 5.74) is 2.24. The number of hydrogen-bond donors (Lipinski definition) is 1. The lowest BCUT2D eigenvalue weighted by molar-refractivity contribution is -0.132. The highest BCUT2D eigenvalue weighted by Crippen LogP contribution is 2.42. The van der Waals surface area contributed by atoms with E-state index in [9.17, 15) is 14.7 Å². The number of carbonyl (C=O) groups excluding carboxylic acids is 2. The van der Waals surface area contributed by atoms with E-state index in [2.05, 4.69) is 25.8 Å². The van der Waals surface area contributed by atoms with Crippen LogP contribution in [0.3, 0.4) is 0 Å². The van der Waals surface area contributed by atoms with Crippen LogP contribution in [0.5, 0.6) is 5.75 Å². The fourth-order valence-corrected chi connectivity index (χ4v) is 4.16. The fraction of sp³-hybridized carbons (Fsp3) is 0.276. The Kier molecular flexibility index (Phi) is 6.48. The molecule has 2 heterocycles. The van der Waals surface area contributed by atoms with Crippen LogP contribution in [0.25, 0.3) is 5.76 Å². The maximum atomic E-state index is 13.3. The van der Waals surface area contributed by atoms with Gasteiger partial charge in [-0.1, -0.05) is 51.1 Å². The summed E-state index contributed by atoms with van der Waals surface area (Å²) in [6.07, 6.45) is 1.58. The maximum absolute atomic E-state index is 13.3. The van der Waals surface area contributed by atoms with E-state index in [1.165, 1.54) is 4.90 Å². The first-order valence-electron chi connectivity index (χ1n) is 11.7. The Labute approximate surface area is 205 Å². The number of carbonyl (C=O) groups is 2. The highest BCUT2D eigenvalue weighted by Gasteiger charge is 2.47. The summed E-state index contributed by atoms with van der Waals surface area (Å²) >= 11 is 0. The molecular formula is C29H30N2O4. The van der Waals surface area contributed by atoms with Gasteiger partial charge < -0.3 is 9.84 Å². The SMILES string of the molecule is CC(C)Oc1ccc(/C(O)=C2/C(=O)C(=O)N(c3ccccn3)C2c2ccc(C(C)(C)C)cc2)cc1. The van der Waals surface area contributed by atoms with Crippen LogP contribution in [0, 0.1) is 0 Å². The summed E-state index contributed by atoms with van der Waals surface area (Å²) < 4.78 is 5.68. The van der Waals surface area contributed by atoms with Gasteiger partial charge in [-0.3, -0.25) is 14.5 Å². The molecule has 1 atom stereocenters. The summed E-state index contributed by atoms with van der Waals surface area (Å²) in [6, 6.07) is 19.0. The predicted octanol–water partition coefficient (Wildman–Crippen LogP) is 5.79. The standard InChI is InChI=1S/C29H30N2O4/c1-18(2)35-22-15-11-20(12-16-22)26(32)24-25(19-9-13-21(14-10-19)29(3,4)5)31(28(34)27(24)33)23-8-6-7-17-30-23/h6-18,25,32H,1-5H3/b26-24-. The largest absolute Gasteiger partial charge is 0.507 e. The van der Waals surface area contributed by atoms with Gasteiger partial charge in [0.15, 0.2) is 0 Å². The number of aliphatic hydroxyl groups is 1. The molecule has 0 bridgehead atoms. The van der Waals surface area contributed by atoms with E-state index in [4.69, 9.17) is 4.74 Å². The van der Waals surface area contributed by atoms with Crippen molar-refractivity contribution in [3.8, 4) is 5.75 Å². The number of rotatable bonds is 5. The van der Waals surface area contributed by atoms with Gasteiger partial charge >= 0.3 is 5.91 Å². The number of nitrogens with zero attached hydrogens (tertiary/aromatic N) is 2. The molecule has 6 nitrogen and oxygen atoms in total. The number of aromatic nitrogens is 1. The zero-order valence-electron chi connectivity index (χ0n) is 20.6. The van der Waals surface area contributed by atoms with Crippen LogP contribution in [0.15, 0.2) is 78.5 Å². The number of aliphatic hydroxyl groups excluding tert-OH is 1. The van der Waals surface area contributed by atoms with E-state index in [1.54, 1.807) is 48.7 Å². The van der Waals surface area contributed by atoms with E-state index in [1.807, 2.05) is 38.1 Å². The first-order valence-corrected chi connectivity index (χ1v) is 11.7. The number of ether oxygens (including phenoxy) is 1. The van der Waals surface area contributed by atoms with Gasteiger partial charge in [0, 0.05) is 11.8 Å². The third-order valence-electron chi connectivity index (χ3n) is 5.93. The van der Waals surface area contributed by atoms with Crippen molar-refractivity contribution < 1.29 is 19.4 Å². The Bertz CT molecular complexity index is 1250. The molecule has 6 heteroatoms. The summed E-state index contributed by atoms with van der Waals surface area (Å²) in [4.78, 5) is 32.1. The van der Waals surface area contributed by atoms with Crippen molar-refractivity contribution >= 4 is 23.3 Å². The molecule has 0 aliphatic carbocycles. The molecular weight excluding hydrogens is 440 g/mol. The van der Waals surface area contributed by atoms with Crippen LogP contribution in [-0.2, 0) is 15.0 Å². The summed E-state index contributed by atoms with van der Waals surface area (Å²) in [5.74, 6) is -0.711. The summed E-state index contributed by atoms with van der Waals surface area (Å²) in [6.45, 7) is 10.2. The molecule has 180 valence electrons. The van der Waals surface area contributed by atoms with Crippen molar-refractivity contribution in [1.82, 2.24) is 4.98 Å². The first kappa shape index (κ1) is 24.2. The van der Waals surface area contributed by atoms with E-state index in [0.29, 0.717) is 22.7 Å². The molecule has 0 spiro atoms. The molecule has 1 fully saturated rings. The minimum Gasteiger partial charge on any atom is -0.507 e. The molecule has 35 heavy (non-hydrogen) atoms. The molecule has 1 aromatic heterocycles. The molecule has 1 aliphatic rings. The summed E-state index contributed by atoms with van der Waals surface area (Å²) in [7, 11) is 0. The number of hydrogen-bond acceptors (Lipinski definition) is 5. The number of anilines is 1. The first-order chi connectivity index (χ1) is 16.6. The van der Waals surface area contributed by atoms with E-state index < -0.39 is 17.7 Å². The number of pyridine rings is 1. The van der Waals surface area contributed by atoms with Crippen LogP contribution in [0.2, 0.25) is 0 Å². The third-order valence-corrected chi connectivity index (χ3v) is 5.93. The van der Waals surface area contributed by atoms with Crippen LogP contribution in [0.4, 0.5) is 5.82 Å². The molecule has 4 rings (SSSR count). The molecule has 1 N–H and O–H groups in total. The van der Waals surface area contributed by atoms with Gasteiger partial charge in [0.05, 0.1) is 17.7 Å². The third kappa shape index (κ3) is 4.83. The Hall–Kier alpha value is -3.93.